The second kappa shape index (κ2) is 8.48. The fraction of sp³-hybridized carbons (Fsp3) is 0.682. The molecule has 2 aromatic rings. The third kappa shape index (κ3) is 5.61. The van der Waals surface area contributed by atoms with Gasteiger partial charge in [-0.05, 0) is 70.8 Å². The highest BCUT2D eigenvalue weighted by Gasteiger charge is 2.37. The summed E-state index contributed by atoms with van der Waals surface area (Å²) in [4.78, 5) is 21.6. The van der Waals surface area contributed by atoms with Gasteiger partial charge in [-0.3, -0.25) is 0 Å². The molecule has 1 aliphatic heterocycles. The van der Waals surface area contributed by atoms with Crippen molar-refractivity contribution in [2.75, 3.05) is 18.0 Å². The second-order valence-electron chi connectivity index (χ2n) is 10.1. The minimum Gasteiger partial charge on any atom is -0.472 e. The first kappa shape index (κ1) is 23.6. The lowest BCUT2D eigenvalue weighted by atomic mass is 10.1. The van der Waals surface area contributed by atoms with Crippen LogP contribution in [0.15, 0.2) is 16.7 Å². The SMILES string of the molecule is CC[C@@H]1CN(c2cc(OC(C)(C)C)nc3cc(Br)nn23)[C@@H](C)CN1C(=O)OC(C)(C)C. The van der Waals surface area contributed by atoms with Crippen LogP contribution in [0.25, 0.3) is 5.65 Å². The zero-order valence-corrected chi connectivity index (χ0v) is 21.4. The Hall–Kier alpha value is -2.03. The molecule has 0 unspecified atom stereocenters. The summed E-state index contributed by atoms with van der Waals surface area (Å²) in [5, 5.41) is 4.58. The molecule has 9 heteroatoms. The molecule has 1 fully saturated rings. The second-order valence-corrected chi connectivity index (χ2v) is 10.9. The molecule has 0 saturated carbocycles. The Kier molecular flexibility index (Phi) is 6.47. The highest BCUT2D eigenvalue weighted by atomic mass is 79.9. The van der Waals surface area contributed by atoms with Crippen molar-refractivity contribution >= 4 is 33.5 Å². The van der Waals surface area contributed by atoms with E-state index in [1.54, 1.807) is 0 Å². The fourth-order valence-electron chi connectivity index (χ4n) is 3.73. The maximum Gasteiger partial charge on any atom is 0.410 e. The number of anilines is 1. The molecule has 8 nitrogen and oxygen atoms in total. The molecule has 1 aliphatic rings. The normalized spacial score (nSPS) is 20.3. The van der Waals surface area contributed by atoms with Crippen LogP contribution in [-0.4, -0.2) is 62.0 Å². The summed E-state index contributed by atoms with van der Waals surface area (Å²) in [6.45, 7) is 17.1. The number of fused-ring (bicyclic) bond motifs is 1. The quantitative estimate of drug-likeness (QED) is 0.603. The van der Waals surface area contributed by atoms with Crippen LogP contribution in [-0.2, 0) is 4.74 Å². The van der Waals surface area contributed by atoms with Crippen molar-refractivity contribution in [2.45, 2.75) is 85.1 Å². The number of amides is 1. The van der Waals surface area contributed by atoms with Crippen molar-refractivity contribution < 1.29 is 14.3 Å². The molecule has 0 aliphatic carbocycles. The van der Waals surface area contributed by atoms with Crippen LogP contribution in [0.1, 0.15) is 61.8 Å². The Morgan fingerprint density at radius 3 is 2.42 bits per heavy atom. The number of piperazine rings is 1. The Morgan fingerprint density at radius 1 is 1.16 bits per heavy atom. The van der Waals surface area contributed by atoms with Gasteiger partial charge in [-0.15, -0.1) is 0 Å². The Morgan fingerprint density at radius 2 is 1.84 bits per heavy atom. The standard InChI is InChI=1S/C22H34BrN5O3/c1-9-15-13-26(14(2)12-27(15)20(29)31-22(6,7)8)19-11-18(30-21(3,4)5)24-17-10-16(23)25-28(17)19/h10-11,14-15H,9,12-13H2,1-8H3/t14-,15+/m0/s1. The van der Waals surface area contributed by atoms with E-state index in [2.05, 4.69) is 44.8 Å². The van der Waals surface area contributed by atoms with Crippen molar-refractivity contribution in [3.05, 3.63) is 16.7 Å². The summed E-state index contributed by atoms with van der Waals surface area (Å²) >= 11 is 3.47. The first-order valence-electron chi connectivity index (χ1n) is 10.8. The zero-order chi connectivity index (χ0) is 23.1. The Balaban J connectivity index is 1.96. The molecule has 31 heavy (non-hydrogen) atoms. The molecule has 3 heterocycles. The predicted molar refractivity (Wildman–Crippen MR) is 125 cm³/mol. The molecule has 0 aromatic carbocycles. The zero-order valence-electron chi connectivity index (χ0n) is 19.8. The van der Waals surface area contributed by atoms with Gasteiger partial charge < -0.3 is 19.3 Å². The van der Waals surface area contributed by atoms with Crippen LogP contribution in [0.2, 0.25) is 0 Å². The average molecular weight is 496 g/mol. The molecular weight excluding hydrogens is 462 g/mol. The van der Waals surface area contributed by atoms with Gasteiger partial charge in [-0.1, -0.05) is 6.92 Å². The van der Waals surface area contributed by atoms with Crippen molar-refractivity contribution in [3.8, 4) is 5.88 Å². The van der Waals surface area contributed by atoms with Crippen molar-refractivity contribution in [2.24, 2.45) is 0 Å². The number of ether oxygens (including phenoxy) is 2. The largest absolute Gasteiger partial charge is 0.472 e. The number of rotatable bonds is 3. The molecule has 0 spiro atoms. The minimum absolute atomic E-state index is 0.0280. The van der Waals surface area contributed by atoms with Crippen LogP contribution in [0.4, 0.5) is 10.6 Å². The van der Waals surface area contributed by atoms with E-state index in [1.165, 1.54) is 0 Å². The van der Waals surface area contributed by atoms with Gasteiger partial charge in [0.25, 0.3) is 0 Å². The van der Waals surface area contributed by atoms with Crippen molar-refractivity contribution in [3.63, 3.8) is 0 Å². The van der Waals surface area contributed by atoms with Gasteiger partial charge in [0.05, 0.1) is 6.04 Å². The highest BCUT2D eigenvalue weighted by Crippen LogP contribution is 2.30. The molecule has 2 aromatic heterocycles. The molecule has 172 valence electrons. The number of halogens is 1. The van der Waals surface area contributed by atoms with Crippen LogP contribution < -0.4 is 9.64 Å². The van der Waals surface area contributed by atoms with Gasteiger partial charge in [0, 0.05) is 31.3 Å². The monoisotopic (exact) mass is 495 g/mol. The smallest absolute Gasteiger partial charge is 0.410 e. The van der Waals surface area contributed by atoms with Crippen LogP contribution >= 0.6 is 15.9 Å². The summed E-state index contributed by atoms with van der Waals surface area (Å²) < 4.78 is 14.3. The molecule has 1 saturated heterocycles. The first-order valence-corrected chi connectivity index (χ1v) is 11.6. The number of carbonyl (C=O) groups is 1. The third-order valence-electron chi connectivity index (χ3n) is 5.00. The maximum atomic E-state index is 12.8. The van der Waals surface area contributed by atoms with Crippen LogP contribution in [0.3, 0.4) is 0 Å². The number of hydrogen-bond acceptors (Lipinski definition) is 6. The predicted octanol–water partition coefficient (Wildman–Crippen LogP) is 4.89. The Bertz CT molecular complexity index is 947. The molecular formula is C22H34BrN5O3. The molecule has 3 rings (SSSR count). The highest BCUT2D eigenvalue weighted by molar-refractivity contribution is 9.10. The first-order chi connectivity index (χ1) is 14.3. The van der Waals surface area contributed by atoms with E-state index in [4.69, 9.17) is 9.47 Å². The summed E-state index contributed by atoms with van der Waals surface area (Å²) in [6, 6.07) is 3.90. The molecule has 0 radical (unpaired) electrons. The van der Waals surface area contributed by atoms with Gasteiger partial charge in [0.15, 0.2) is 5.65 Å². The van der Waals surface area contributed by atoms with E-state index in [0.29, 0.717) is 29.2 Å². The van der Waals surface area contributed by atoms with E-state index in [-0.39, 0.29) is 23.8 Å². The topological polar surface area (TPSA) is 72.2 Å². The molecule has 0 bridgehead atoms. The van der Waals surface area contributed by atoms with Crippen LogP contribution in [0, 0.1) is 0 Å². The Labute approximate surface area is 193 Å². The van der Waals surface area contributed by atoms with Gasteiger partial charge in [0.2, 0.25) is 5.88 Å². The van der Waals surface area contributed by atoms with E-state index >= 15 is 0 Å². The summed E-state index contributed by atoms with van der Waals surface area (Å²) in [7, 11) is 0. The van der Waals surface area contributed by atoms with E-state index in [9.17, 15) is 4.79 Å². The minimum atomic E-state index is -0.520. The summed E-state index contributed by atoms with van der Waals surface area (Å²) in [6.07, 6.45) is 0.564. The molecule has 2 atom stereocenters. The summed E-state index contributed by atoms with van der Waals surface area (Å²) in [5.41, 5.74) is -0.182. The average Bonchev–Trinajstić information content (AvgIpc) is 2.98. The third-order valence-corrected chi connectivity index (χ3v) is 5.39. The summed E-state index contributed by atoms with van der Waals surface area (Å²) in [5.74, 6) is 1.45. The molecule has 1 amide bonds. The van der Waals surface area contributed by atoms with Crippen molar-refractivity contribution in [1.82, 2.24) is 19.5 Å². The maximum absolute atomic E-state index is 12.8. The number of hydrogen-bond donors (Lipinski definition) is 0. The van der Waals surface area contributed by atoms with Crippen LogP contribution in [0.5, 0.6) is 5.88 Å². The van der Waals surface area contributed by atoms with E-state index in [1.807, 2.05) is 63.1 Å². The van der Waals surface area contributed by atoms with Gasteiger partial charge in [0.1, 0.15) is 21.6 Å². The van der Waals surface area contributed by atoms with E-state index in [0.717, 1.165) is 12.2 Å². The van der Waals surface area contributed by atoms with Gasteiger partial charge in [-0.25, -0.2) is 4.79 Å². The van der Waals surface area contributed by atoms with Gasteiger partial charge in [-0.2, -0.15) is 14.6 Å². The number of nitrogens with zero attached hydrogens (tertiary/aromatic N) is 5. The van der Waals surface area contributed by atoms with Crippen molar-refractivity contribution in [1.29, 1.82) is 0 Å². The lowest BCUT2D eigenvalue weighted by molar-refractivity contribution is 0.0105. The van der Waals surface area contributed by atoms with E-state index < -0.39 is 5.60 Å². The lowest BCUT2D eigenvalue weighted by Gasteiger charge is -2.46. The van der Waals surface area contributed by atoms with Gasteiger partial charge >= 0.3 is 6.09 Å². The molecule has 0 N–H and O–H groups in total. The fourth-order valence-corrected chi connectivity index (χ4v) is 4.09. The lowest BCUT2D eigenvalue weighted by Crippen LogP contribution is -2.60. The number of aromatic nitrogens is 3. The number of carbonyl (C=O) groups excluding carboxylic acids is 1.